The molecule has 1 aromatic heterocycles. The van der Waals surface area contributed by atoms with Crippen molar-refractivity contribution in [1.29, 1.82) is 0 Å². The summed E-state index contributed by atoms with van der Waals surface area (Å²) in [6, 6.07) is 5.93. The number of tetrazole rings is 1. The maximum Gasteiger partial charge on any atom is 0.242 e. The van der Waals surface area contributed by atoms with Gasteiger partial charge in [-0.15, -0.1) is 5.10 Å². The van der Waals surface area contributed by atoms with E-state index >= 15 is 0 Å². The molecule has 1 saturated heterocycles. The van der Waals surface area contributed by atoms with E-state index in [1.165, 1.54) is 6.42 Å². The molecule has 1 N–H and O–H groups in total. The van der Waals surface area contributed by atoms with Crippen LogP contribution in [0.15, 0.2) is 18.2 Å². The lowest BCUT2D eigenvalue weighted by atomic mass is 10.0. The minimum atomic E-state index is 0.128. The lowest BCUT2D eigenvalue weighted by molar-refractivity contribution is -0.132. The van der Waals surface area contributed by atoms with E-state index in [1.807, 2.05) is 30.0 Å². The molecule has 8 heteroatoms. The first-order chi connectivity index (χ1) is 12.1. The number of hydrogen-bond donors (Lipinski definition) is 1. The molecule has 8 nitrogen and oxygen atoms in total. The Labute approximate surface area is 147 Å². The predicted molar refractivity (Wildman–Crippen MR) is 94.0 cm³/mol. The quantitative estimate of drug-likeness (QED) is 0.890. The third-order valence-electron chi connectivity index (χ3n) is 4.60. The van der Waals surface area contributed by atoms with Gasteiger partial charge in [0, 0.05) is 18.3 Å². The number of aryl methyl sites for hydroxylation is 1. The van der Waals surface area contributed by atoms with Crippen LogP contribution in [-0.2, 0) is 4.79 Å². The van der Waals surface area contributed by atoms with Crippen molar-refractivity contribution >= 4 is 11.6 Å². The molecule has 3 rings (SSSR count). The molecule has 1 amide bonds. The lowest BCUT2D eigenvalue weighted by Gasteiger charge is -2.33. The second-order valence-electron chi connectivity index (χ2n) is 6.31. The van der Waals surface area contributed by atoms with Crippen molar-refractivity contribution in [2.75, 3.05) is 25.5 Å². The SMILES string of the molecule is COc1ccc(NCC(=O)N2CCCCC2C)cc1-n1nnnc1C. The maximum absolute atomic E-state index is 12.5. The highest BCUT2D eigenvalue weighted by molar-refractivity contribution is 5.81. The van der Waals surface area contributed by atoms with Gasteiger partial charge in [0.1, 0.15) is 11.4 Å². The number of amides is 1. The Morgan fingerprint density at radius 2 is 2.24 bits per heavy atom. The first kappa shape index (κ1) is 17.2. The van der Waals surface area contributed by atoms with Crippen LogP contribution in [0.1, 0.15) is 32.0 Å². The monoisotopic (exact) mass is 344 g/mol. The van der Waals surface area contributed by atoms with Crippen LogP contribution < -0.4 is 10.1 Å². The van der Waals surface area contributed by atoms with E-state index in [-0.39, 0.29) is 12.5 Å². The number of likely N-dealkylation sites (tertiary alicyclic amines) is 1. The third kappa shape index (κ3) is 3.72. The van der Waals surface area contributed by atoms with Crippen molar-refractivity contribution in [2.24, 2.45) is 0 Å². The topological polar surface area (TPSA) is 85.2 Å². The number of hydrogen-bond acceptors (Lipinski definition) is 6. The van der Waals surface area contributed by atoms with E-state index < -0.39 is 0 Å². The number of piperidine rings is 1. The van der Waals surface area contributed by atoms with Crippen molar-refractivity contribution in [3.63, 3.8) is 0 Å². The number of benzene rings is 1. The van der Waals surface area contributed by atoms with Crippen molar-refractivity contribution < 1.29 is 9.53 Å². The van der Waals surface area contributed by atoms with Gasteiger partial charge < -0.3 is 15.0 Å². The van der Waals surface area contributed by atoms with E-state index in [0.29, 0.717) is 17.6 Å². The van der Waals surface area contributed by atoms with Crippen LogP contribution in [0, 0.1) is 6.92 Å². The number of nitrogens with zero attached hydrogens (tertiary/aromatic N) is 5. The van der Waals surface area contributed by atoms with Crippen molar-refractivity contribution in [3.05, 3.63) is 24.0 Å². The van der Waals surface area contributed by atoms with E-state index in [9.17, 15) is 4.79 Å². The molecular formula is C17H24N6O2. The van der Waals surface area contributed by atoms with Gasteiger partial charge in [-0.05, 0) is 61.7 Å². The molecule has 134 valence electrons. The molecule has 2 heterocycles. The zero-order chi connectivity index (χ0) is 17.8. The number of carbonyl (C=O) groups excluding carboxylic acids is 1. The van der Waals surface area contributed by atoms with Crippen LogP contribution >= 0.6 is 0 Å². The zero-order valence-electron chi connectivity index (χ0n) is 14.9. The van der Waals surface area contributed by atoms with E-state index in [4.69, 9.17) is 4.74 Å². The summed E-state index contributed by atoms with van der Waals surface area (Å²) in [6.45, 7) is 5.05. The van der Waals surface area contributed by atoms with Crippen LogP contribution in [0.2, 0.25) is 0 Å². The van der Waals surface area contributed by atoms with E-state index in [1.54, 1.807) is 11.8 Å². The fourth-order valence-electron chi connectivity index (χ4n) is 3.17. The third-order valence-corrected chi connectivity index (χ3v) is 4.60. The Balaban J connectivity index is 1.73. The van der Waals surface area contributed by atoms with Crippen molar-refractivity contribution in [3.8, 4) is 11.4 Å². The summed E-state index contributed by atoms with van der Waals surface area (Å²) in [6.07, 6.45) is 3.36. The fraction of sp³-hybridized carbons (Fsp3) is 0.529. The summed E-state index contributed by atoms with van der Waals surface area (Å²) in [5.74, 6) is 1.45. The smallest absolute Gasteiger partial charge is 0.242 e. The van der Waals surface area contributed by atoms with Crippen LogP contribution in [-0.4, -0.2) is 57.3 Å². The highest BCUT2D eigenvalue weighted by atomic mass is 16.5. The summed E-state index contributed by atoms with van der Waals surface area (Å²) in [4.78, 5) is 14.4. The lowest BCUT2D eigenvalue weighted by Crippen LogP contribution is -2.44. The summed E-state index contributed by atoms with van der Waals surface area (Å²) in [7, 11) is 1.60. The number of rotatable bonds is 5. The molecule has 1 fully saturated rings. The average molecular weight is 344 g/mol. The van der Waals surface area contributed by atoms with Crippen LogP contribution in [0.5, 0.6) is 5.75 Å². The number of nitrogens with one attached hydrogen (secondary N) is 1. The van der Waals surface area contributed by atoms with Gasteiger partial charge >= 0.3 is 0 Å². The van der Waals surface area contributed by atoms with Crippen LogP contribution in [0.4, 0.5) is 5.69 Å². The van der Waals surface area contributed by atoms with Gasteiger partial charge in [0.15, 0.2) is 5.82 Å². The molecule has 25 heavy (non-hydrogen) atoms. The number of ether oxygens (including phenoxy) is 1. The minimum absolute atomic E-state index is 0.128. The van der Waals surface area contributed by atoms with Gasteiger partial charge in [0.2, 0.25) is 5.91 Å². The Kier molecular flexibility index (Phi) is 5.16. The number of carbonyl (C=O) groups is 1. The molecule has 1 atom stereocenters. The Morgan fingerprint density at radius 1 is 1.40 bits per heavy atom. The van der Waals surface area contributed by atoms with Crippen LogP contribution in [0.3, 0.4) is 0 Å². The normalized spacial score (nSPS) is 17.4. The van der Waals surface area contributed by atoms with Gasteiger partial charge in [0.05, 0.1) is 13.7 Å². The number of aromatic nitrogens is 4. The summed E-state index contributed by atoms with van der Waals surface area (Å²) >= 11 is 0. The number of methoxy groups -OCH3 is 1. The Morgan fingerprint density at radius 3 is 2.92 bits per heavy atom. The fourth-order valence-corrected chi connectivity index (χ4v) is 3.17. The summed E-state index contributed by atoms with van der Waals surface area (Å²) < 4.78 is 7.00. The average Bonchev–Trinajstić information content (AvgIpc) is 3.05. The maximum atomic E-state index is 12.5. The van der Waals surface area contributed by atoms with Crippen molar-refractivity contribution in [1.82, 2.24) is 25.1 Å². The molecule has 0 aliphatic carbocycles. The molecule has 2 aromatic rings. The van der Waals surface area contributed by atoms with Crippen LogP contribution in [0.25, 0.3) is 5.69 Å². The highest BCUT2D eigenvalue weighted by Crippen LogP contribution is 2.26. The van der Waals surface area contributed by atoms with Gasteiger partial charge in [-0.3, -0.25) is 4.79 Å². The predicted octanol–water partition coefficient (Wildman–Crippen LogP) is 1.79. The second kappa shape index (κ2) is 7.50. The summed E-state index contributed by atoms with van der Waals surface area (Å²) in [5, 5.41) is 14.8. The van der Waals surface area contributed by atoms with Gasteiger partial charge in [-0.2, -0.15) is 4.68 Å². The highest BCUT2D eigenvalue weighted by Gasteiger charge is 2.22. The van der Waals surface area contributed by atoms with Gasteiger partial charge in [-0.1, -0.05) is 0 Å². The first-order valence-corrected chi connectivity index (χ1v) is 8.57. The van der Waals surface area contributed by atoms with E-state index in [2.05, 4.69) is 27.8 Å². The largest absolute Gasteiger partial charge is 0.494 e. The molecule has 1 unspecified atom stereocenters. The summed E-state index contributed by atoms with van der Waals surface area (Å²) in [5.41, 5.74) is 1.55. The molecule has 0 saturated carbocycles. The minimum Gasteiger partial charge on any atom is -0.494 e. The zero-order valence-corrected chi connectivity index (χ0v) is 14.9. The molecule has 1 aromatic carbocycles. The standard InChI is InChI=1S/C17H24N6O2/c1-12-6-4-5-9-22(12)17(24)11-18-14-7-8-16(25-3)15(10-14)23-13(2)19-20-21-23/h7-8,10,12,18H,4-6,9,11H2,1-3H3. The number of anilines is 1. The molecule has 0 radical (unpaired) electrons. The molecule has 0 spiro atoms. The first-order valence-electron chi connectivity index (χ1n) is 8.57. The van der Waals surface area contributed by atoms with E-state index in [0.717, 1.165) is 30.8 Å². The molecule has 1 aliphatic rings. The van der Waals surface area contributed by atoms with Crippen molar-refractivity contribution in [2.45, 2.75) is 39.2 Å². The molecule has 0 bridgehead atoms. The van der Waals surface area contributed by atoms with Gasteiger partial charge in [0.25, 0.3) is 0 Å². The second-order valence-corrected chi connectivity index (χ2v) is 6.31. The Bertz CT molecular complexity index is 744. The Hall–Kier alpha value is -2.64. The molecule has 1 aliphatic heterocycles. The molecular weight excluding hydrogens is 320 g/mol. The van der Waals surface area contributed by atoms with Gasteiger partial charge in [-0.25, -0.2) is 0 Å².